The van der Waals surface area contributed by atoms with Crippen molar-refractivity contribution in [2.45, 2.75) is 69.9 Å². The van der Waals surface area contributed by atoms with Crippen LogP contribution in [0.15, 0.2) is 18.2 Å². The predicted octanol–water partition coefficient (Wildman–Crippen LogP) is 3.87. The predicted molar refractivity (Wildman–Crippen MR) is 105 cm³/mol. The SMILES string of the molecule is CCOC1CCCCC1N1CCC2(CC1)CN(C(C)=O)c1ccc(F)cc12. The zero-order chi connectivity index (χ0) is 19.0. The lowest BCUT2D eigenvalue weighted by atomic mass is 9.73. The molecule has 1 aliphatic carbocycles. The Kier molecular flexibility index (Phi) is 5.26. The molecule has 1 aromatic rings. The number of anilines is 1. The van der Waals surface area contributed by atoms with Gasteiger partial charge in [0.15, 0.2) is 0 Å². The highest BCUT2D eigenvalue weighted by Gasteiger charge is 2.47. The van der Waals surface area contributed by atoms with Crippen LogP contribution in [0, 0.1) is 5.82 Å². The molecule has 148 valence electrons. The molecule has 1 amide bonds. The molecule has 4 nitrogen and oxygen atoms in total. The first kappa shape index (κ1) is 18.9. The minimum absolute atomic E-state index is 0.0471. The van der Waals surface area contributed by atoms with Gasteiger partial charge in [-0.05, 0) is 69.5 Å². The van der Waals surface area contributed by atoms with Crippen LogP contribution in [-0.2, 0) is 14.9 Å². The van der Waals surface area contributed by atoms with Crippen molar-refractivity contribution in [2.24, 2.45) is 0 Å². The number of rotatable bonds is 3. The van der Waals surface area contributed by atoms with Crippen LogP contribution < -0.4 is 4.90 Å². The molecule has 2 fully saturated rings. The number of carbonyl (C=O) groups is 1. The fraction of sp³-hybridized carbons (Fsp3) is 0.682. The van der Waals surface area contributed by atoms with Crippen molar-refractivity contribution < 1.29 is 13.9 Å². The largest absolute Gasteiger partial charge is 0.377 e. The molecule has 2 unspecified atom stereocenters. The molecular formula is C22H31FN2O2. The minimum atomic E-state index is -0.204. The Bertz CT molecular complexity index is 698. The summed E-state index contributed by atoms with van der Waals surface area (Å²) < 4.78 is 20.0. The Labute approximate surface area is 161 Å². The van der Waals surface area contributed by atoms with Gasteiger partial charge in [0.05, 0.1) is 6.10 Å². The van der Waals surface area contributed by atoms with E-state index in [2.05, 4.69) is 11.8 Å². The molecule has 1 aromatic carbocycles. The molecule has 1 saturated carbocycles. The number of halogens is 1. The zero-order valence-electron chi connectivity index (χ0n) is 16.5. The molecule has 2 heterocycles. The highest BCUT2D eigenvalue weighted by molar-refractivity contribution is 5.94. The third kappa shape index (κ3) is 3.40. The van der Waals surface area contributed by atoms with Gasteiger partial charge in [0.1, 0.15) is 5.82 Å². The average Bonchev–Trinajstić information content (AvgIpc) is 2.97. The Morgan fingerprint density at radius 2 is 2.00 bits per heavy atom. The first-order valence-electron chi connectivity index (χ1n) is 10.5. The van der Waals surface area contributed by atoms with Crippen molar-refractivity contribution in [1.29, 1.82) is 0 Å². The van der Waals surface area contributed by atoms with E-state index in [1.807, 2.05) is 4.90 Å². The monoisotopic (exact) mass is 374 g/mol. The minimum Gasteiger partial charge on any atom is -0.377 e. The summed E-state index contributed by atoms with van der Waals surface area (Å²) in [7, 11) is 0. The number of piperidine rings is 1. The molecule has 2 atom stereocenters. The van der Waals surface area contributed by atoms with E-state index in [0.29, 0.717) is 18.7 Å². The molecular weight excluding hydrogens is 343 g/mol. The van der Waals surface area contributed by atoms with Crippen molar-refractivity contribution in [1.82, 2.24) is 4.90 Å². The van der Waals surface area contributed by atoms with E-state index in [1.54, 1.807) is 19.1 Å². The van der Waals surface area contributed by atoms with E-state index in [4.69, 9.17) is 4.74 Å². The van der Waals surface area contributed by atoms with Crippen molar-refractivity contribution >= 4 is 11.6 Å². The fourth-order valence-corrected chi connectivity index (χ4v) is 5.54. The lowest BCUT2D eigenvalue weighted by Crippen LogP contribution is -2.53. The van der Waals surface area contributed by atoms with Crippen LogP contribution in [0.3, 0.4) is 0 Å². The van der Waals surface area contributed by atoms with E-state index >= 15 is 0 Å². The van der Waals surface area contributed by atoms with E-state index < -0.39 is 0 Å². The van der Waals surface area contributed by atoms with Crippen LogP contribution in [0.2, 0.25) is 0 Å². The second-order valence-corrected chi connectivity index (χ2v) is 8.43. The number of likely N-dealkylation sites (tertiary alicyclic amines) is 1. The van der Waals surface area contributed by atoms with Crippen LogP contribution in [0.5, 0.6) is 0 Å². The summed E-state index contributed by atoms with van der Waals surface area (Å²) in [5.74, 6) is -0.157. The number of ether oxygens (including phenoxy) is 1. The lowest BCUT2D eigenvalue weighted by molar-refractivity contribution is -0.116. The summed E-state index contributed by atoms with van der Waals surface area (Å²) in [6.45, 7) is 7.15. The van der Waals surface area contributed by atoms with Gasteiger partial charge in [0.2, 0.25) is 5.91 Å². The van der Waals surface area contributed by atoms with Gasteiger partial charge in [-0.2, -0.15) is 0 Å². The molecule has 27 heavy (non-hydrogen) atoms. The van der Waals surface area contributed by atoms with Gasteiger partial charge in [0.25, 0.3) is 0 Å². The molecule has 0 N–H and O–H groups in total. The van der Waals surface area contributed by atoms with Gasteiger partial charge < -0.3 is 9.64 Å². The van der Waals surface area contributed by atoms with Crippen molar-refractivity contribution in [3.8, 4) is 0 Å². The van der Waals surface area contributed by atoms with Gasteiger partial charge >= 0.3 is 0 Å². The van der Waals surface area contributed by atoms with Gasteiger partial charge in [-0.15, -0.1) is 0 Å². The quantitative estimate of drug-likeness (QED) is 0.805. The van der Waals surface area contributed by atoms with E-state index in [0.717, 1.165) is 50.2 Å². The third-order valence-electron chi connectivity index (χ3n) is 6.93. The number of benzene rings is 1. The second kappa shape index (κ2) is 7.51. The number of fused-ring (bicyclic) bond motifs is 2. The summed E-state index contributed by atoms with van der Waals surface area (Å²) in [6.07, 6.45) is 7.21. The molecule has 5 heteroatoms. The zero-order valence-corrected chi connectivity index (χ0v) is 16.5. The Morgan fingerprint density at radius 3 is 2.70 bits per heavy atom. The summed E-state index contributed by atoms with van der Waals surface area (Å²) in [6, 6.07) is 5.42. The normalized spacial score (nSPS) is 27.7. The van der Waals surface area contributed by atoms with Gasteiger partial charge in [0, 0.05) is 37.2 Å². The Balaban J connectivity index is 1.53. The van der Waals surface area contributed by atoms with Crippen LogP contribution >= 0.6 is 0 Å². The number of hydrogen-bond donors (Lipinski definition) is 0. The number of nitrogens with zero attached hydrogens (tertiary/aromatic N) is 2. The first-order chi connectivity index (χ1) is 13.0. The van der Waals surface area contributed by atoms with Crippen molar-refractivity contribution in [3.63, 3.8) is 0 Å². The number of amides is 1. The Hall–Kier alpha value is -1.46. The molecule has 0 bridgehead atoms. The van der Waals surface area contributed by atoms with Crippen LogP contribution in [0.4, 0.5) is 10.1 Å². The highest BCUT2D eigenvalue weighted by atomic mass is 19.1. The van der Waals surface area contributed by atoms with Crippen molar-refractivity contribution in [2.75, 3.05) is 31.1 Å². The van der Waals surface area contributed by atoms with E-state index in [9.17, 15) is 9.18 Å². The molecule has 4 rings (SSSR count). The molecule has 1 saturated heterocycles. The van der Waals surface area contributed by atoms with Crippen LogP contribution in [-0.4, -0.2) is 49.2 Å². The molecule has 2 aliphatic heterocycles. The first-order valence-corrected chi connectivity index (χ1v) is 10.5. The highest BCUT2D eigenvalue weighted by Crippen LogP contribution is 2.48. The van der Waals surface area contributed by atoms with Crippen LogP contribution in [0.25, 0.3) is 0 Å². The van der Waals surface area contributed by atoms with E-state index in [1.165, 1.54) is 25.3 Å². The van der Waals surface area contributed by atoms with E-state index in [-0.39, 0.29) is 17.1 Å². The summed E-state index contributed by atoms with van der Waals surface area (Å²) >= 11 is 0. The van der Waals surface area contributed by atoms with Crippen LogP contribution in [0.1, 0.15) is 57.9 Å². The smallest absolute Gasteiger partial charge is 0.223 e. The maximum Gasteiger partial charge on any atom is 0.223 e. The third-order valence-corrected chi connectivity index (χ3v) is 6.93. The molecule has 0 radical (unpaired) electrons. The maximum absolute atomic E-state index is 14.0. The van der Waals surface area contributed by atoms with Gasteiger partial charge in [-0.3, -0.25) is 9.69 Å². The fourth-order valence-electron chi connectivity index (χ4n) is 5.54. The second-order valence-electron chi connectivity index (χ2n) is 8.43. The average molecular weight is 375 g/mol. The topological polar surface area (TPSA) is 32.8 Å². The van der Waals surface area contributed by atoms with Crippen molar-refractivity contribution in [3.05, 3.63) is 29.6 Å². The maximum atomic E-state index is 14.0. The molecule has 0 aromatic heterocycles. The summed E-state index contributed by atoms with van der Waals surface area (Å²) in [4.78, 5) is 16.6. The standard InChI is InChI=1S/C22H31FN2O2/c1-3-27-21-7-5-4-6-20(21)24-12-10-22(11-13-24)15-25(16(2)26)19-9-8-17(23)14-18(19)22/h8-9,14,20-21H,3-7,10-13,15H2,1-2H3. The summed E-state index contributed by atoms with van der Waals surface area (Å²) in [5, 5.41) is 0. The lowest BCUT2D eigenvalue weighted by Gasteiger charge is -2.46. The number of hydrogen-bond acceptors (Lipinski definition) is 3. The number of carbonyl (C=O) groups excluding carboxylic acids is 1. The Morgan fingerprint density at radius 1 is 1.26 bits per heavy atom. The summed E-state index contributed by atoms with van der Waals surface area (Å²) in [5.41, 5.74) is 1.83. The molecule has 1 spiro atoms. The molecule has 3 aliphatic rings. The van der Waals surface area contributed by atoms with Gasteiger partial charge in [-0.1, -0.05) is 12.8 Å². The van der Waals surface area contributed by atoms with Gasteiger partial charge in [-0.25, -0.2) is 4.39 Å².